The third kappa shape index (κ3) is 60.8. The molecule has 6 heteroatoms. The summed E-state index contributed by atoms with van der Waals surface area (Å²) in [4.78, 5) is 38.3. The van der Waals surface area contributed by atoms with Gasteiger partial charge in [-0.25, -0.2) is 0 Å². The van der Waals surface area contributed by atoms with Crippen LogP contribution in [0, 0.1) is 0 Å². The minimum absolute atomic E-state index is 0.100. The molecule has 0 fully saturated rings. The van der Waals surface area contributed by atoms with Crippen molar-refractivity contribution in [2.45, 2.75) is 297 Å². The van der Waals surface area contributed by atoms with Crippen molar-refractivity contribution >= 4 is 17.9 Å². The van der Waals surface area contributed by atoms with Crippen molar-refractivity contribution < 1.29 is 28.6 Å². The van der Waals surface area contributed by atoms with Gasteiger partial charge in [0.15, 0.2) is 6.10 Å². The van der Waals surface area contributed by atoms with E-state index in [4.69, 9.17) is 14.2 Å². The highest BCUT2D eigenvalue weighted by Gasteiger charge is 2.19. The number of hydrogen-bond donors (Lipinski definition) is 0. The molecule has 0 radical (unpaired) electrons. The standard InChI is InChI=1S/C69H116O6/c1-4-7-10-13-16-19-22-25-28-31-33-34-36-38-41-44-47-50-53-56-59-62-68(71)74-65-66(64-73-67(70)61-58-55-52-49-46-43-40-37-30-27-24-21-18-15-12-9-6-3)75-69(72)63-60-57-54-51-48-45-42-39-35-32-29-26-23-20-17-14-11-8-5-2/h9,12,17-18,20-21,25-30,35,39-40,43,45,48,66H,4-8,10-11,13-16,19,22-24,31-34,36-38,41-42,44,46-47,49-65H2,1-3H3/b12-9-,20-17-,21-18-,28-25-,29-26-,30-27-,39-35-,43-40-,48-45-/t66-/m1/s1. The van der Waals surface area contributed by atoms with Crippen LogP contribution in [-0.2, 0) is 28.6 Å². The Bertz CT molecular complexity index is 1520. The van der Waals surface area contributed by atoms with Crippen molar-refractivity contribution in [1.29, 1.82) is 0 Å². The maximum absolute atomic E-state index is 12.9. The normalized spacial score (nSPS) is 12.8. The summed E-state index contributed by atoms with van der Waals surface area (Å²) < 4.78 is 16.9. The minimum Gasteiger partial charge on any atom is -0.462 e. The highest BCUT2D eigenvalue weighted by atomic mass is 16.6. The first-order valence-corrected chi connectivity index (χ1v) is 31.4. The molecule has 0 aromatic heterocycles. The van der Waals surface area contributed by atoms with Gasteiger partial charge in [0.25, 0.3) is 0 Å². The van der Waals surface area contributed by atoms with Crippen LogP contribution in [0.4, 0.5) is 0 Å². The van der Waals surface area contributed by atoms with Gasteiger partial charge < -0.3 is 14.2 Å². The molecule has 0 aliphatic rings. The van der Waals surface area contributed by atoms with E-state index in [0.717, 1.165) is 122 Å². The van der Waals surface area contributed by atoms with Crippen LogP contribution in [0.5, 0.6) is 0 Å². The summed E-state index contributed by atoms with van der Waals surface area (Å²) in [6, 6.07) is 0. The number of hydrogen-bond acceptors (Lipinski definition) is 6. The van der Waals surface area contributed by atoms with E-state index in [1.54, 1.807) is 0 Å². The van der Waals surface area contributed by atoms with E-state index in [-0.39, 0.29) is 37.5 Å². The Balaban J connectivity index is 4.47. The molecule has 0 aliphatic carbocycles. The highest BCUT2D eigenvalue weighted by molar-refractivity contribution is 5.71. The average molecular weight is 1040 g/mol. The molecule has 0 rings (SSSR count). The van der Waals surface area contributed by atoms with Crippen molar-refractivity contribution in [2.75, 3.05) is 13.2 Å². The maximum Gasteiger partial charge on any atom is 0.306 e. The van der Waals surface area contributed by atoms with Crippen LogP contribution >= 0.6 is 0 Å². The second kappa shape index (κ2) is 62.6. The molecule has 0 N–H and O–H groups in total. The van der Waals surface area contributed by atoms with E-state index in [1.807, 2.05) is 0 Å². The second-order valence-corrected chi connectivity index (χ2v) is 20.6. The van der Waals surface area contributed by atoms with E-state index >= 15 is 0 Å². The topological polar surface area (TPSA) is 78.9 Å². The van der Waals surface area contributed by atoms with E-state index in [0.29, 0.717) is 12.8 Å². The molecule has 0 saturated carbocycles. The van der Waals surface area contributed by atoms with Crippen molar-refractivity contribution in [2.24, 2.45) is 0 Å². The molecule has 0 bridgehead atoms. The molecular weight excluding hydrogens is 925 g/mol. The second-order valence-electron chi connectivity index (χ2n) is 20.6. The number of unbranched alkanes of at least 4 members (excludes halogenated alkanes) is 27. The molecule has 1 atom stereocenters. The third-order valence-corrected chi connectivity index (χ3v) is 13.2. The fourth-order valence-electron chi connectivity index (χ4n) is 8.53. The number of carbonyl (C=O) groups is 3. The molecule has 0 unspecified atom stereocenters. The smallest absolute Gasteiger partial charge is 0.306 e. The fourth-order valence-corrected chi connectivity index (χ4v) is 8.53. The number of rotatable bonds is 56. The Labute approximate surface area is 463 Å². The van der Waals surface area contributed by atoms with Crippen molar-refractivity contribution in [1.82, 2.24) is 0 Å². The van der Waals surface area contributed by atoms with Crippen molar-refractivity contribution in [3.05, 3.63) is 109 Å². The minimum atomic E-state index is -0.809. The first-order valence-electron chi connectivity index (χ1n) is 31.4. The molecule has 0 aromatic rings. The van der Waals surface area contributed by atoms with Gasteiger partial charge in [-0.2, -0.15) is 0 Å². The van der Waals surface area contributed by atoms with Gasteiger partial charge in [-0.15, -0.1) is 0 Å². The Morgan fingerprint density at radius 3 is 0.867 bits per heavy atom. The lowest BCUT2D eigenvalue weighted by atomic mass is 10.0. The summed E-state index contributed by atoms with van der Waals surface area (Å²) in [5.41, 5.74) is 0. The Morgan fingerprint density at radius 2 is 0.520 bits per heavy atom. The van der Waals surface area contributed by atoms with Crippen LogP contribution in [0.1, 0.15) is 290 Å². The molecule has 6 nitrogen and oxygen atoms in total. The average Bonchev–Trinajstić information content (AvgIpc) is 3.41. The van der Waals surface area contributed by atoms with Crippen LogP contribution < -0.4 is 0 Å². The van der Waals surface area contributed by atoms with Gasteiger partial charge in [0.2, 0.25) is 0 Å². The Morgan fingerprint density at radius 1 is 0.280 bits per heavy atom. The summed E-state index contributed by atoms with van der Waals surface area (Å²) in [5, 5.41) is 0. The number of esters is 3. The Kier molecular flexibility index (Phi) is 59.3. The molecular formula is C69H116O6. The van der Waals surface area contributed by atoms with E-state index < -0.39 is 6.10 Å². The maximum atomic E-state index is 12.9. The summed E-state index contributed by atoms with van der Waals surface area (Å²) in [5.74, 6) is -0.951. The molecule has 0 aromatic carbocycles. The van der Waals surface area contributed by atoms with E-state index in [1.165, 1.54) is 128 Å². The summed E-state index contributed by atoms with van der Waals surface area (Å²) in [6.07, 6.45) is 85.1. The number of ether oxygens (including phenoxy) is 3. The third-order valence-electron chi connectivity index (χ3n) is 13.2. The van der Waals surface area contributed by atoms with Crippen LogP contribution in [0.15, 0.2) is 109 Å². The molecule has 428 valence electrons. The van der Waals surface area contributed by atoms with Gasteiger partial charge in [0.1, 0.15) is 13.2 Å². The first-order chi connectivity index (χ1) is 37.0. The zero-order valence-corrected chi connectivity index (χ0v) is 49.0. The summed E-state index contributed by atoms with van der Waals surface area (Å²) in [6.45, 7) is 6.47. The predicted octanol–water partition coefficient (Wildman–Crippen LogP) is 21.4. The zero-order valence-electron chi connectivity index (χ0n) is 49.0. The number of carbonyl (C=O) groups excluding carboxylic acids is 3. The van der Waals surface area contributed by atoms with Gasteiger partial charge in [-0.3, -0.25) is 14.4 Å². The quantitative estimate of drug-likeness (QED) is 0.0261. The van der Waals surface area contributed by atoms with E-state index in [9.17, 15) is 14.4 Å². The SMILES string of the molecule is CC/C=C\C/C=C\C/C=C\C/C=C\CCCCCCC(=O)OC[C@H](COC(=O)CCCCCCCCCCCCC/C=C\CCCCCCCC)OC(=O)CCCCC/C=C\C/C=C\C/C=C\C/C=C\CCCCC. The van der Waals surface area contributed by atoms with Gasteiger partial charge in [-0.05, 0) is 128 Å². The molecule has 0 spiro atoms. The number of allylic oxidation sites excluding steroid dienone is 18. The molecule has 0 heterocycles. The predicted molar refractivity (Wildman–Crippen MR) is 325 cm³/mol. The first kappa shape index (κ1) is 71.1. The van der Waals surface area contributed by atoms with Crippen molar-refractivity contribution in [3.8, 4) is 0 Å². The zero-order chi connectivity index (χ0) is 54.3. The van der Waals surface area contributed by atoms with Crippen LogP contribution in [0.3, 0.4) is 0 Å². The van der Waals surface area contributed by atoms with Gasteiger partial charge >= 0.3 is 17.9 Å². The fraction of sp³-hybridized carbons (Fsp3) is 0.696. The lowest BCUT2D eigenvalue weighted by Crippen LogP contribution is -2.30. The van der Waals surface area contributed by atoms with Crippen molar-refractivity contribution in [3.63, 3.8) is 0 Å². The van der Waals surface area contributed by atoms with Gasteiger partial charge in [0, 0.05) is 19.3 Å². The van der Waals surface area contributed by atoms with E-state index in [2.05, 4.69) is 130 Å². The Hall–Kier alpha value is -3.93. The lowest BCUT2D eigenvalue weighted by Gasteiger charge is -2.18. The van der Waals surface area contributed by atoms with Gasteiger partial charge in [-0.1, -0.05) is 252 Å². The summed E-state index contributed by atoms with van der Waals surface area (Å²) >= 11 is 0. The molecule has 0 aliphatic heterocycles. The monoisotopic (exact) mass is 1040 g/mol. The van der Waals surface area contributed by atoms with Crippen LogP contribution in [0.25, 0.3) is 0 Å². The van der Waals surface area contributed by atoms with Crippen LogP contribution in [-0.4, -0.2) is 37.2 Å². The molecule has 75 heavy (non-hydrogen) atoms. The van der Waals surface area contributed by atoms with Gasteiger partial charge in [0.05, 0.1) is 0 Å². The highest BCUT2D eigenvalue weighted by Crippen LogP contribution is 2.15. The lowest BCUT2D eigenvalue weighted by molar-refractivity contribution is -0.167. The largest absolute Gasteiger partial charge is 0.462 e. The van der Waals surface area contributed by atoms with Crippen LogP contribution in [0.2, 0.25) is 0 Å². The molecule has 0 saturated heterocycles. The molecule has 0 amide bonds. The summed E-state index contributed by atoms with van der Waals surface area (Å²) in [7, 11) is 0.